The molecule has 0 aliphatic rings. The molecule has 0 saturated heterocycles. The Morgan fingerprint density at radius 1 is 1.19 bits per heavy atom. The molecule has 2 aromatic rings. The van der Waals surface area contributed by atoms with Crippen molar-refractivity contribution in [2.24, 2.45) is 0 Å². The molecule has 0 spiro atoms. The van der Waals surface area contributed by atoms with Crippen molar-refractivity contribution in [2.45, 2.75) is 38.3 Å². The van der Waals surface area contributed by atoms with Gasteiger partial charge in [-0.05, 0) is 30.7 Å². The normalized spacial score (nSPS) is 11.5. The minimum absolute atomic E-state index is 0.121. The van der Waals surface area contributed by atoms with Crippen LogP contribution in [0.5, 0.6) is 0 Å². The molecular weight excluding hydrogens is 286 g/mol. The van der Waals surface area contributed by atoms with E-state index >= 15 is 0 Å². The molecule has 1 heterocycles. The van der Waals surface area contributed by atoms with Crippen LogP contribution in [0.3, 0.4) is 0 Å². The third-order valence-corrected chi connectivity index (χ3v) is 4.98. The SMILES string of the molecule is CCCn1cc(CNc2ccc(S(=O)(=O)CC)cc2)cn1. The van der Waals surface area contributed by atoms with Gasteiger partial charge in [-0.15, -0.1) is 0 Å². The number of nitrogens with zero attached hydrogens (tertiary/aromatic N) is 2. The fourth-order valence-corrected chi connectivity index (χ4v) is 2.88. The standard InChI is InChI=1S/C15H21N3O2S/c1-3-9-18-12-13(11-17-18)10-16-14-5-7-15(8-6-14)21(19,20)4-2/h5-8,11-12,16H,3-4,9-10H2,1-2H3. The molecule has 0 bridgehead atoms. The van der Waals surface area contributed by atoms with E-state index in [0.29, 0.717) is 11.4 Å². The third kappa shape index (κ3) is 4.07. The number of aromatic nitrogens is 2. The van der Waals surface area contributed by atoms with Crippen molar-refractivity contribution in [2.75, 3.05) is 11.1 Å². The number of sulfone groups is 1. The van der Waals surface area contributed by atoms with E-state index in [-0.39, 0.29) is 5.75 Å². The number of aryl methyl sites for hydroxylation is 1. The third-order valence-electron chi connectivity index (χ3n) is 3.23. The molecule has 1 aromatic heterocycles. The molecule has 5 nitrogen and oxygen atoms in total. The van der Waals surface area contributed by atoms with Crippen LogP contribution in [0, 0.1) is 0 Å². The zero-order chi connectivity index (χ0) is 15.3. The van der Waals surface area contributed by atoms with Crippen LogP contribution < -0.4 is 5.32 Å². The highest BCUT2D eigenvalue weighted by Gasteiger charge is 2.10. The largest absolute Gasteiger partial charge is 0.381 e. The molecule has 0 amide bonds. The number of nitrogens with one attached hydrogen (secondary N) is 1. The summed E-state index contributed by atoms with van der Waals surface area (Å²) in [4.78, 5) is 0.367. The molecule has 0 aliphatic carbocycles. The molecule has 21 heavy (non-hydrogen) atoms. The fraction of sp³-hybridized carbons (Fsp3) is 0.400. The van der Waals surface area contributed by atoms with E-state index in [2.05, 4.69) is 17.3 Å². The van der Waals surface area contributed by atoms with E-state index in [9.17, 15) is 8.42 Å². The first kappa shape index (κ1) is 15.6. The monoisotopic (exact) mass is 307 g/mol. The second kappa shape index (κ2) is 6.76. The summed E-state index contributed by atoms with van der Waals surface area (Å²) < 4.78 is 25.4. The van der Waals surface area contributed by atoms with Crippen molar-refractivity contribution in [1.82, 2.24) is 9.78 Å². The van der Waals surface area contributed by atoms with E-state index in [1.54, 1.807) is 31.2 Å². The Morgan fingerprint density at radius 2 is 1.90 bits per heavy atom. The van der Waals surface area contributed by atoms with Crippen LogP contribution >= 0.6 is 0 Å². The Kier molecular flexibility index (Phi) is 5.01. The number of benzene rings is 1. The van der Waals surface area contributed by atoms with Gasteiger partial charge in [0.15, 0.2) is 9.84 Å². The summed E-state index contributed by atoms with van der Waals surface area (Å²) in [5, 5.41) is 7.54. The van der Waals surface area contributed by atoms with Gasteiger partial charge in [-0.3, -0.25) is 4.68 Å². The van der Waals surface area contributed by atoms with E-state index in [1.165, 1.54) is 0 Å². The van der Waals surface area contributed by atoms with Crippen molar-refractivity contribution in [3.63, 3.8) is 0 Å². The highest BCUT2D eigenvalue weighted by atomic mass is 32.2. The number of anilines is 1. The van der Waals surface area contributed by atoms with E-state index < -0.39 is 9.84 Å². The van der Waals surface area contributed by atoms with Gasteiger partial charge < -0.3 is 5.32 Å². The van der Waals surface area contributed by atoms with Gasteiger partial charge in [-0.2, -0.15) is 5.10 Å². The summed E-state index contributed by atoms with van der Waals surface area (Å²) in [6.45, 7) is 5.36. The molecule has 6 heteroatoms. The Morgan fingerprint density at radius 3 is 2.52 bits per heavy atom. The van der Waals surface area contributed by atoms with Crippen LogP contribution in [0.2, 0.25) is 0 Å². The Hall–Kier alpha value is -1.82. The maximum absolute atomic E-state index is 11.7. The Balaban J connectivity index is 1.97. The van der Waals surface area contributed by atoms with Gasteiger partial charge in [0, 0.05) is 30.5 Å². The van der Waals surface area contributed by atoms with E-state index in [1.807, 2.05) is 17.1 Å². The summed E-state index contributed by atoms with van der Waals surface area (Å²) in [7, 11) is -3.13. The predicted molar refractivity (Wildman–Crippen MR) is 84.0 cm³/mol. The maximum Gasteiger partial charge on any atom is 0.178 e. The van der Waals surface area contributed by atoms with Gasteiger partial charge in [-0.1, -0.05) is 13.8 Å². The highest BCUT2D eigenvalue weighted by Crippen LogP contribution is 2.16. The molecule has 0 radical (unpaired) electrons. The molecule has 0 fully saturated rings. The molecule has 1 aromatic carbocycles. The van der Waals surface area contributed by atoms with Gasteiger partial charge in [0.05, 0.1) is 16.8 Å². The summed E-state index contributed by atoms with van der Waals surface area (Å²) in [6, 6.07) is 6.86. The molecular formula is C15H21N3O2S. The number of hydrogen-bond acceptors (Lipinski definition) is 4. The second-order valence-corrected chi connectivity index (χ2v) is 7.17. The first-order valence-electron chi connectivity index (χ1n) is 7.13. The Bertz CT molecular complexity index is 675. The fourth-order valence-electron chi connectivity index (χ4n) is 2.00. The van der Waals surface area contributed by atoms with Crippen LogP contribution in [0.1, 0.15) is 25.8 Å². The quantitative estimate of drug-likeness (QED) is 0.854. The summed E-state index contributed by atoms with van der Waals surface area (Å²) in [6.07, 6.45) is 4.92. The van der Waals surface area contributed by atoms with Crippen LogP contribution in [0.15, 0.2) is 41.6 Å². The van der Waals surface area contributed by atoms with Crippen LogP contribution in [-0.4, -0.2) is 24.0 Å². The smallest absolute Gasteiger partial charge is 0.178 e. The average Bonchev–Trinajstić information content (AvgIpc) is 2.94. The zero-order valence-corrected chi connectivity index (χ0v) is 13.2. The lowest BCUT2D eigenvalue weighted by Gasteiger charge is -2.06. The number of rotatable bonds is 7. The maximum atomic E-state index is 11.7. The van der Waals surface area contributed by atoms with Gasteiger partial charge >= 0.3 is 0 Å². The molecule has 0 unspecified atom stereocenters. The van der Waals surface area contributed by atoms with Gasteiger partial charge in [0.2, 0.25) is 0 Å². The van der Waals surface area contributed by atoms with E-state index in [4.69, 9.17) is 0 Å². The summed E-state index contributed by atoms with van der Waals surface area (Å²) in [5.74, 6) is 0.121. The van der Waals surface area contributed by atoms with Crippen LogP contribution in [0.4, 0.5) is 5.69 Å². The van der Waals surface area contributed by atoms with Crippen LogP contribution in [0.25, 0.3) is 0 Å². The summed E-state index contributed by atoms with van der Waals surface area (Å²) in [5.41, 5.74) is 2.00. The van der Waals surface area contributed by atoms with Crippen molar-refractivity contribution >= 4 is 15.5 Å². The van der Waals surface area contributed by atoms with Crippen molar-refractivity contribution in [3.8, 4) is 0 Å². The lowest BCUT2D eigenvalue weighted by Crippen LogP contribution is -2.04. The lowest BCUT2D eigenvalue weighted by molar-refractivity contribution is 0.597. The van der Waals surface area contributed by atoms with Gasteiger partial charge in [-0.25, -0.2) is 8.42 Å². The molecule has 0 saturated carbocycles. The first-order chi connectivity index (χ1) is 10.0. The second-order valence-electron chi connectivity index (χ2n) is 4.89. The van der Waals surface area contributed by atoms with Gasteiger partial charge in [0.25, 0.3) is 0 Å². The Labute approximate surface area is 125 Å². The van der Waals surface area contributed by atoms with Gasteiger partial charge in [0.1, 0.15) is 0 Å². The molecule has 0 atom stereocenters. The van der Waals surface area contributed by atoms with Crippen molar-refractivity contribution in [1.29, 1.82) is 0 Å². The lowest BCUT2D eigenvalue weighted by atomic mass is 10.3. The minimum Gasteiger partial charge on any atom is -0.381 e. The van der Waals surface area contributed by atoms with Crippen molar-refractivity contribution in [3.05, 3.63) is 42.2 Å². The molecule has 1 N–H and O–H groups in total. The van der Waals surface area contributed by atoms with E-state index in [0.717, 1.165) is 24.2 Å². The first-order valence-corrected chi connectivity index (χ1v) is 8.78. The molecule has 2 rings (SSSR count). The highest BCUT2D eigenvalue weighted by molar-refractivity contribution is 7.91. The average molecular weight is 307 g/mol. The molecule has 114 valence electrons. The predicted octanol–water partition coefficient (Wildman–Crippen LogP) is 2.70. The topological polar surface area (TPSA) is 64.0 Å². The number of hydrogen-bond donors (Lipinski definition) is 1. The van der Waals surface area contributed by atoms with Crippen LogP contribution in [-0.2, 0) is 22.9 Å². The minimum atomic E-state index is -3.13. The molecule has 0 aliphatic heterocycles. The summed E-state index contributed by atoms with van der Waals surface area (Å²) >= 11 is 0. The van der Waals surface area contributed by atoms with Crippen molar-refractivity contribution < 1.29 is 8.42 Å². The zero-order valence-electron chi connectivity index (χ0n) is 12.4.